The summed E-state index contributed by atoms with van der Waals surface area (Å²) < 4.78 is 5.53. The molecule has 1 unspecified atom stereocenters. The summed E-state index contributed by atoms with van der Waals surface area (Å²) in [5.74, 6) is 0.111. The van der Waals surface area contributed by atoms with Gasteiger partial charge in [0.25, 0.3) is 5.56 Å². The average Bonchev–Trinajstić information content (AvgIpc) is 2.86. The summed E-state index contributed by atoms with van der Waals surface area (Å²) in [6.45, 7) is 0. The average molecular weight is 457 g/mol. The van der Waals surface area contributed by atoms with Crippen molar-refractivity contribution in [2.24, 2.45) is 0 Å². The monoisotopic (exact) mass is 456 g/mol. The molecular weight excluding hydrogens is 432 g/mol. The summed E-state index contributed by atoms with van der Waals surface area (Å²) in [5.41, 5.74) is 6.49. The number of ketones is 1. The Bertz CT molecular complexity index is 1350. The molecule has 3 aromatic rings. The quantitative estimate of drug-likeness (QED) is 0.605. The lowest BCUT2D eigenvalue weighted by molar-refractivity contribution is -0.130. The fourth-order valence-corrected chi connectivity index (χ4v) is 4.77. The Hall–Kier alpha value is -4.20. The lowest BCUT2D eigenvalue weighted by Crippen LogP contribution is -2.44. The molecule has 172 valence electrons. The van der Waals surface area contributed by atoms with E-state index in [0.717, 1.165) is 11.1 Å². The molecule has 2 heterocycles. The first-order valence-corrected chi connectivity index (χ1v) is 11.2. The zero-order valence-electron chi connectivity index (χ0n) is 18.7. The second kappa shape index (κ2) is 8.97. The van der Waals surface area contributed by atoms with Crippen LogP contribution < -0.4 is 15.7 Å². The Labute approximate surface area is 196 Å². The molecule has 0 spiro atoms. The first-order chi connectivity index (χ1) is 16.6. The number of benzene rings is 2. The third kappa shape index (κ3) is 3.87. The van der Waals surface area contributed by atoms with Gasteiger partial charge in [0.15, 0.2) is 5.78 Å². The number of nitrogens with one attached hydrogen (secondary N) is 2. The highest BCUT2D eigenvalue weighted by atomic mass is 16.5. The molecule has 0 saturated carbocycles. The molecule has 34 heavy (non-hydrogen) atoms. The van der Waals surface area contributed by atoms with Crippen LogP contribution in [0.2, 0.25) is 0 Å². The van der Waals surface area contributed by atoms with E-state index >= 15 is 0 Å². The summed E-state index contributed by atoms with van der Waals surface area (Å²) in [6.07, 6.45) is 1.77. The molecule has 5 rings (SSSR count). The molecule has 0 fully saturated rings. The first-order valence-electron chi connectivity index (χ1n) is 11.2. The van der Waals surface area contributed by atoms with Gasteiger partial charge in [-0.3, -0.25) is 19.8 Å². The predicted octanol–water partition coefficient (Wildman–Crippen LogP) is 3.80. The van der Waals surface area contributed by atoms with E-state index in [1.165, 1.54) is 11.1 Å². The minimum atomic E-state index is -0.396. The topological polar surface area (TPSA) is 104 Å². The van der Waals surface area contributed by atoms with Crippen molar-refractivity contribution < 1.29 is 14.3 Å². The highest BCUT2D eigenvalue weighted by molar-refractivity contribution is 6.02. The van der Waals surface area contributed by atoms with Gasteiger partial charge >= 0.3 is 0 Å². The Morgan fingerprint density at radius 3 is 2.59 bits per heavy atom. The third-order valence-electron chi connectivity index (χ3n) is 6.28. The number of aromatic amines is 1. The maximum absolute atomic E-state index is 13.4. The number of carbonyl (C=O) groups is 2. The van der Waals surface area contributed by atoms with Crippen molar-refractivity contribution in [3.63, 3.8) is 0 Å². The number of methoxy groups -OCH3 is 1. The molecular formula is C26H24N4O4. The maximum atomic E-state index is 13.4. The van der Waals surface area contributed by atoms with E-state index in [4.69, 9.17) is 4.74 Å². The standard InChI is InChI=1S/C26H24N4O4/c1-34-22-13-6-5-10-17(22)18-14-24(33)30(20-11-7-12-21(31)25(18)20)29-19-15-23(32)27-28-26(19)16-8-3-2-4-9-16/h2-6,8-10,13,15,18H,7,11-12,14H2,1H3,(H2,27,29,32). The van der Waals surface area contributed by atoms with Crippen LogP contribution in [0.3, 0.4) is 0 Å². The number of para-hydroxylation sites is 1. The van der Waals surface area contributed by atoms with E-state index < -0.39 is 5.56 Å². The fourth-order valence-electron chi connectivity index (χ4n) is 4.77. The number of aromatic nitrogens is 2. The van der Waals surface area contributed by atoms with Crippen molar-refractivity contribution in [1.82, 2.24) is 15.2 Å². The first kappa shape index (κ1) is 21.6. The molecule has 1 amide bonds. The molecule has 2 aromatic carbocycles. The second-order valence-corrected chi connectivity index (χ2v) is 8.34. The van der Waals surface area contributed by atoms with Gasteiger partial charge in [-0.1, -0.05) is 48.5 Å². The Morgan fingerprint density at radius 1 is 1.03 bits per heavy atom. The highest BCUT2D eigenvalue weighted by Crippen LogP contribution is 2.44. The molecule has 2 N–H and O–H groups in total. The zero-order valence-corrected chi connectivity index (χ0v) is 18.7. The maximum Gasteiger partial charge on any atom is 0.266 e. The van der Waals surface area contributed by atoms with Crippen molar-refractivity contribution in [1.29, 1.82) is 0 Å². The van der Waals surface area contributed by atoms with Gasteiger partial charge in [-0.2, -0.15) is 5.10 Å². The minimum absolute atomic E-state index is 0.0313. The SMILES string of the molecule is COc1ccccc1C1CC(=O)N(Nc2cc(=O)[nH]nc2-c2ccccc2)C2=C1C(=O)CCC2. The van der Waals surface area contributed by atoms with Crippen LogP contribution in [-0.2, 0) is 9.59 Å². The summed E-state index contributed by atoms with van der Waals surface area (Å²) in [6, 6.07) is 18.2. The van der Waals surface area contributed by atoms with Crippen LogP contribution in [0.25, 0.3) is 11.3 Å². The van der Waals surface area contributed by atoms with Gasteiger partial charge in [-0.05, 0) is 18.9 Å². The van der Waals surface area contributed by atoms with E-state index in [1.54, 1.807) is 7.11 Å². The lowest BCUT2D eigenvalue weighted by atomic mass is 9.77. The Kier molecular flexibility index (Phi) is 5.71. The predicted molar refractivity (Wildman–Crippen MR) is 127 cm³/mol. The molecule has 8 nitrogen and oxygen atoms in total. The van der Waals surface area contributed by atoms with Gasteiger partial charge in [0, 0.05) is 41.5 Å². The van der Waals surface area contributed by atoms with Gasteiger partial charge in [-0.15, -0.1) is 0 Å². The van der Waals surface area contributed by atoms with E-state index in [1.807, 2.05) is 54.6 Å². The highest BCUT2D eigenvalue weighted by Gasteiger charge is 2.40. The zero-order chi connectivity index (χ0) is 23.7. The second-order valence-electron chi connectivity index (χ2n) is 8.34. The van der Waals surface area contributed by atoms with Gasteiger partial charge in [0.05, 0.1) is 18.5 Å². The smallest absolute Gasteiger partial charge is 0.266 e. The van der Waals surface area contributed by atoms with E-state index in [0.29, 0.717) is 47.7 Å². The molecule has 8 heteroatoms. The van der Waals surface area contributed by atoms with E-state index in [9.17, 15) is 14.4 Å². The summed E-state index contributed by atoms with van der Waals surface area (Å²) in [5, 5.41) is 8.10. The Morgan fingerprint density at radius 2 is 1.79 bits per heavy atom. The third-order valence-corrected chi connectivity index (χ3v) is 6.28. The van der Waals surface area contributed by atoms with Crippen LogP contribution in [0.15, 0.2) is 76.7 Å². The van der Waals surface area contributed by atoms with Crippen LogP contribution in [0.5, 0.6) is 5.75 Å². The number of hydrogen-bond acceptors (Lipinski definition) is 6. The summed E-state index contributed by atoms with van der Waals surface area (Å²) >= 11 is 0. The van der Waals surface area contributed by atoms with Gasteiger partial charge < -0.3 is 4.74 Å². The molecule has 1 aromatic heterocycles. The summed E-state index contributed by atoms with van der Waals surface area (Å²) in [4.78, 5) is 38.7. The van der Waals surface area contributed by atoms with Crippen LogP contribution in [0.4, 0.5) is 5.69 Å². The number of anilines is 1. The lowest BCUT2D eigenvalue weighted by Gasteiger charge is -2.38. The van der Waals surface area contributed by atoms with E-state index in [2.05, 4.69) is 15.6 Å². The summed E-state index contributed by atoms with van der Waals surface area (Å²) in [7, 11) is 1.58. The van der Waals surface area contributed by atoms with Crippen LogP contribution in [0.1, 0.15) is 37.2 Å². The van der Waals surface area contributed by atoms with Crippen LogP contribution >= 0.6 is 0 Å². The van der Waals surface area contributed by atoms with E-state index in [-0.39, 0.29) is 24.0 Å². The normalized spacial score (nSPS) is 18.0. The molecule has 1 aliphatic heterocycles. The number of Topliss-reactive ketones (excluding diaryl/α,β-unsaturated/α-hetero) is 1. The van der Waals surface area contributed by atoms with Crippen LogP contribution in [0, 0.1) is 0 Å². The number of carbonyl (C=O) groups excluding carboxylic acids is 2. The van der Waals surface area contributed by atoms with Crippen molar-refractivity contribution >= 4 is 17.4 Å². The van der Waals surface area contributed by atoms with Crippen molar-refractivity contribution in [3.8, 4) is 17.0 Å². The Balaban J connectivity index is 1.60. The number of allylic oxidation sites excluding steroid dienone is 2. The van der Waals surface area contributed by atoms with Gasteiger partial charge in [0.2, 0.25) is 5.91 Å². The van der Waals surface area contributed by atoms with Crippen molar-refractivity contribution in [3.05, 3.63) is 87.9 Å². The fraction of sp³-hybridized carbons (Fsp3) is 0.231. The number of nitrogens with zero attached hydrogens (tertiary/aromatic N) is 2. The number of ether oxygens (including phenoxy) is 1. The van der Waals surface area contributed by atoms with Gasteiger partial charge in [0.1, 0.15) is 11.4 Å². The molecule has 2 aliphatic rings. The number of amides is 1. The molecule has 0 radical (unpaired) electrons. The number of rotatable bonds is 5. The van der Waals surface area contributed by atoms with Gasteiger partial charge in [-0.25, -0.2) is 10.1 Å². The number of hydrogen-bond donors (Lipinski definition) is 2. The van der Waals surface area contributed by atoms with Crippen molar-refractivity contribution in [2.75, 3.05) is 12.5 Å². The van der Waals surface area contributed by atoms with Crippen molar-refractivity contribution in [2.45, 2.75) is 31.6 Å². The largest absolute Gasteiger partial charge is 0.496 e. The molecule has 1 aliphatic carbocycles. The number of H-pyrrole nitrogens is 1. The van der Waals surface area contributed by atoms with Crippen LogP contribution in [-0.4, -0.2) is 34.0 Å². The molecule has 1 atom stereocenters. The minimum Gasteiger partial charge on any atom is -0.496 e. The number of hydrazine groups is 1. The molecule has 0 saturated heterocycles. The molecule has 0 bridgehead atoms.